The maximum absolute atomic E-state index is 6.22. The second kappa shape index (κ2) is 7.08. The van der Waals surface area contributed by atoms with Crippen LogP contribution in [-0.4, -0.2) is 30.6 Å². The fourth-order valence-corrected chi connectivity index (χ4v) is 4.16. The number of likely N-dealkylation sites (N-methyl/N-ethyl adjacent to an activating group) is 1. The normalized spacial score (nSPS) is 33.2. The Morgan fingerprint density at radius 2 is 1.79 bits per heavy atom. The molecule has 2 aliphatic rings. The van der Waals surface area contributed by atoms with Crippen LogP contribution < -0.4 is 5.73 Å². The van der Waals surface area contributed by atoms with Crippen LogP contribution in [0.4, 0.5) is 0 Å². The summed E-state index contributed by atoms with van der Waals surface area (Å²) in [4.78, 5) is 2.64. The number of hydrogen-bond acceptors (Lipinski definition) is 2. The molecule has 2 nitrogen and oxygen atoms in total. The number of rotatable bonds is 6. The zero-order chi connectivity index (χ0) is 13.7. The Bertz CT molecular complexity index is 262. The summed E-state index contributed by atoms with van der Waals surface area (Å²) in [6, 6.07) is 0. The molecule has 0 aromatic carbocycles. The van der Waals surface area contributed by atoms with Crippen molar-refractivity contribution in [1.29, 1.82) is 0 Å². The number of nitrogens with zero attached hydrogens (tertiary/aromatic N) is 1. The van der Waals surface area contributed by atoms with E-state index in [4.69, 9.17) is 5.73 Å². The third-order valence-corrected chi connectivity index (χ3v) is 5.92. The molecule has 0 aromatic heterocycles. The molecule has 2 fully saturated rings. The Labute approximate surface area is 120 Å². The molecule has 0 aliphatic heterocycles. The van der Waals surface area contributed by atoms with Gasteiger partial charge in [-0.3, -0.25) is 4.90 Å². The summed E-state index contributed by atoms with van der Waals surface area (Å²) >= 11 is 0. The maximum atomic E-state index is 6.22. The summed E-state index contributed by atoms with van der Waals surface area (Å²) in [6.07, 6.45) is 14.0. The van der Waals surface area contributed by atoms with Crippen LogP contribution in [0.15, 0.2) is 0 Å². The molecule has 2 atom stereocenters. The van der Waals surface area contributed by atoms with E-state index in [0.29, 0.717) is 5.54 Å². The number of hydrogen-bond donors (Lipinski definition) is 1. The lowest BCUT2D eigenvalue weighted by molar-refractivity contribution is 0.0706. The summed E-state index contributed by atoms with van der Waals surface area (Å²) in [5, 5.41) is 0. The lowest BCUT2D eigenvalue weighted by Gasteiger charge is -2.44. The van der Waals surface area contributed by atoms with Crippen molar-refractivity contribution in [3.8, 4) is 0 Å². The van der Waals surface area contributed by atoms with E-state index in [1.54, 1.807) is 0 Å². The summed E-state index contributed by atoms with van der Waals surface area (Å²) in [5.74, 6) is 1.93. The Morgan fingerprint density at radius 1 is 1.05 bits per heavy atom. The largest absolute Gasteiger partial charge is 0.329 e. The highest BCUT2D eigenvalue weighted by atomic mass is 15.2. The fourth-order valence-electron chi connectivity index (χ4n) is 4.16. The third kappa shape index (κ3) is 3.72. The minimum Gasteiger partial charge on any atom is -0.329 e. The first kappa shape index (κ1) is 15.3. The van der Waals surface area contributed by atoms with Gasteiger partial charge in [-0.1, -0.05) is 39.0 Å². The van der Waals surface area contributed by atoms with E-state index in [1.807, 2.05) is 0 Å². The number of nitrogens with two attached hydrogens (primary N) is 1. The first-order valence-electron chi connectivity index (χ1n) is 8.61. The molecule has 0 amide bonds. The summed E-state index contributed by atoms with van der Waals surface area (Å²) in [7, 11) is 2.34. The van der Waals surface area contributed by atoms with Crippen LogP contribution in [0.5, 0.6) is 0 Å². The van der Waals surface area contributed by atoms with E-state index >= 15 is 0 Å². The van der Waals surface area contributed by atoms with Gasteiger partial charge in [0.1, 0.15) is 0 Å². The fraction of sp³-hybridized carbons (Fsp3) is 1.00. The first-order valence-corrected chi connectivity index (χ1v) is 8.61. The molecule has 2 heteroatoms. The van der Waals surface area contributed by atoms with Crippen LogP contribution in [0.25, 0.3) is 0 Å². The molecule has 0 heterocycles. The quantitative estimate of drug-likeness (QED) is 0.741. The van der Waals surface area contributed by atoms with Gasteiger partial charge in [-0.2, -0.15) is 0 Å². The second-order valence-corrected chi connectivity index (χ2v) is 7.19. The molecule has 0 bridgehead atoms. The van der Waals surface area contributed by atoms with Gasteiger partial charge in [0.2, 0.25) is 0 Å². The Hall–Kier alpha value is -0.0800. The molecule has 2 saturated carbocycles. The van der Waals surface area contributed by atoms with E-state index < -0.39 is 0 Å². The van der Waals surface area contributed by atoms with Crippen molar-refractivity contribution in [2.75, 3.05) is 20.1 Å². The molecule has 2 N–H and O–H groups in total. The lowest BCUT2D eigenvalue weighted by Crippen LogP contribution is -2.53. The lowest BCUT2D eigenvalue weighted by atomic mass is 9.82. The Balaban J connectivity index is 1.92. The Kier molecular flexibility index (Phi) is 5.70. The molecule has 2 rings (SSSR count). The summed E-state index contributed by atoms with van der Waals surface area (Å²) < 4.78 is 0. The predicted molar refractivity (Wildman–Crippen MR) is 83.2 cm³/mol. The van der Waals surface area contributed by atoms with Gasteiger partial charge in [-0.05, 0) is 51.0 Å². The SMILES string of the molecule is CCCC1CCCC(CN)(N(C)CC2CCC2)CC1. The maximum Gasteiger partial charge on any atom is 0.0328 e. The van der Waals surface area contributed by atoms with Gasteiger partial charge < -0.3 is 5.73 Å². The average molecular weight is 266 g/mol. The van der Waals surface area contributed by atoms with Gasteiger partial charge in [-0.25, -0.2) is 0 Å². The molecule has 2 aliphatic carbocycles. The van der Waals surface area contributed by atoms with Crippen LogP contribution >= 0.6 is 0 Å². The monoisotopic (exact) mass is 266 g/mol. The van der Waals surface area contributed by atoms with Crippen LogP contribution in [-0.2, 0) is 0 Å². The molecule has 2 unspecified atom stereocenters. The van der Waals surface area contributed by atoms with Crippen molar-refractivity contribution in [3.63, 3.8) is 0 Å². The highest BCUT2D eigenvalue weighted by molar-refractivity contribution is 4.94. The van der Waals surface area contributed by atoms with Crippen LogP contribution in [0.2, 0.25) is 0 Å². The molecular weight excluding hydrogens is 232 g/mol. The van der Waals surface area contributed by atoms with Crippen molar-refractivity contribution in [2.24, 2.45) is 17.6 Å². The minimum absolute atomic E-state index is 0.318. The standard InChI is InChI=1S/C17H34N2/c1-3-6-15-9-5-11-17(14-18,12-10-15)19(2)13-16-7-4-8-16/h15-16H,3-14,18H2,1-2H3. The topological polar surface area (TPSA) is 29.3 Å². The van der Waals surface area contributed by atoms with Crippen molar-refractivity contribution in [3.05, 3.63) is 0 Å². The average Bonchev–Trinajstić information content (AvgIpc) is 2.57. The van der Waals surface area contributed by atoms with E-state index in [9.17, 15) is 0 Å². The third-order valence-electron chi connectivity index (χ3n) is 5.92. The van der Waals surface area contributed by atoms with Gasteiger partial charge in [0.15, 0.2) is 0 Å². The molecule has 0 aromatic rings. The van der Waals surface area contributed by atoms with E-state index in [-0.39, 0.29) is 0 Å². The van der Waals surface area contributed by atoms with Crippen molar-refractivity contribution in [2.45, 2.75) is 76.7 Å². The van der Waals surface area contributed by atoms with Gasteiger partial charge in [-0.15, -0.1) is 0 Å². The predicted octanol–water partition coefficient (Wildman–Crippen LogP) is 3.80. The molecule has 0 saturated heterocycles. The van der Waals surface area contributed by atoms with Gasteiger partial charge >= 0.3 is 0 Å². The van der Waals surface area contributed by atoms with Crippen LogP contribution in [0.1, 0.15) is 71.1 Å². The zero-order valence-corrected chi connectivity index (χ0v) is 13.2. The minimum atomic E-state index is 0.318. The highest BCUT2D eigenvalue weighted by Gasteiger charge is 2.36. The molecule has 19 heavy (non-hydrogen) atoms. The molecular formula is C17H34N2. The van der Waals surface area contributed by atoms with E-state index in [2.05, 4.69) is 18.9 Å². The Morgan fingerprint density at radius 3 is 2.37 bits per heavy atom. The second-order valence-electron chi connectivity index (χ2n) is 7.19. The smallest absolute Gasteiger partial charge is 0.0328 e. The van der Waals surface area contributed by atoms with Gasteiger partial charge in [0.25, 0.3) is 0 Å². The molecule has 0 radical (unpaired) electrons. The van der Waals surface area contributed by atoms with Crippen molar-refractivity contribution >= 4 is 0 Å². The zero-order valence-electron chi connectivity index (χ0n) is 13.2. The van der Waals surface area contributed by atoms with Gasteiger partial charge in [0, 0.05) is 18.6 Å². The van der Waals surface area contributed by atoms with Crippen molar-refractivity contribution in [1.82, 2.24) is 4.90 Å². The summed E-state index contributed by atoms with van der Waals surface area (Å²) in [6.45, 7) is 4.47. The molecule has 0 spiro atoms. The summed E-state index contributed by atoms with van der Waals surface area (Å²) in [5.41, 5.74) is 6.54. The van der Waals surface area contributed by atoms with Crippen LogP contribution in [0, 0.1) is 11.8 Å². The molecule has 112 valence electrons. The van der Waals surface area contributed by atoms with E-state index in [0.717, 1.165) is 18.4 Å². The highest BCUT2D eigenvalue weighted by Crippen LogP contribution is 2.37. The van der Waals surface area contributed by atoms with E-state index in [1.165, 1.54) is 70.8 Å². The first-order chi connectivity index (χ1) is 9.20. The van der Waals surface area contributed by atoms with Crippen molar-refractivity contribution < 1.29 is 0 Å². The van der Waals surface area contributed by atoms with Crippen LogP contribution in [0.3, 0.4) is 0 Å². The van der Waals surface area contributed by atoms with Gasteiger partial charge in [0.05, 0.1) is 0 Å².